The molecule has 1 heterocycles. The van der Waals surface area contributed by atoms with Crippen LogP contribution in [0.1, 0.15) is 11.1 Å². The highest BCUT2D eigenvalue weighted by Gasteiger charge is 2.40. The van der Waals surface area contributed by atoms with E-state index in [9.17, 15) is 10.2 Å². The van der Waals surface area contributed by atoms with Crippen molar-refractivity contribution < 1.29 is 24.4 Å². The van der Waals surface area contributed by atoms with Crippen molar-refractivity contribution in [1.82, 2.24) is 0 Å². The standard InChI is InChI=1S/C19H22O5/c20-16-13-24-19(21)18(23-12-15-9-5-2-6-10-15)17(16)22-11-14-7-3-1-4-8-14/h1-10,16-21H,11-13H2/t16-,17-,18+,19?/m0/s1. The zero-order chi connectivity index (χ0) is 16.8. The van der Waals surface area contributed by atoms with Crippen molar-refractivity contribution in [1.29, 1.82) is 0 Å². The van der Waals surface area contributed by atoms with Crippen molar-refractivity contribution in [3.05, 3.63) is 71.8 Å². The van der Waals surface area contributed by atoms with Crippen LogP contribution in [0.2, 0.25) is 0 Å². The Hall–Kier alpha value is -1.76. The third-order valence-electron chi connectivity index (χ3n) is 3.99. The summed E-state index contributed by atoms with van der Waals surface area (Å²) >= 11 is 0. The van der Waals surface area contributed by atoms with Gasteiger partial charge in [0.1, 0.15) is 18.3 Å². The molecule has 1 aliphatic heterocycles. The molecule has 0 radical (unpaired) electrons. The first-order valence-corrected chi connectivity index (χ1v) is 8.03. The van der Waals surface area contributed by atoms with E-state index in [1.165, 1.54) is 0 Å². The summed E-state index contributed by atoms with van der Waals surface area (Å²) in [6, 6.07) is 19.3. The lowest BCUT2D eigenvalue weighted by molar-refractivity contribution is -0.278. The molecule has 24 heavy (non-hydrogen) atoms. The molecule has 2 aromatic carbocycles. The van der Waals surface area contributed by atoms with Crippen LogP contribution in [-0.2, 0) is 27.4 Å². The Balaban J connectivity index is 1.63. The number of rotatable bonds is 6. The Labute approximate surface area is 141 Å². The number of hydrogen-bond acceptors (Lipinski definition) is 5. The Bertz CT molecular complexity index is 548. The van der Waals surface area contributed by atoms with E-state index >= 15 is 0 Å². The second kappa shape index (κ2) is 8.37. The van der Waals surface area contributed by atoms with Crippen LogP contribution in [0, 0.1) is 0 Å². The quantitative estimate of drug-likeness (QED) is 0.846. The van der Waals surface area contributed by atoms with Crippen LogP contribution in [0.5, 0.6) is 0 Å². The third-order valence-corrected chi connectivity index (χ3v) is 3.99. The van der Waals surface area contributed by atoms with E-state index in [0.29, 0.717) is 13.2 Å². The molecule has 0 saturated carbocycles. The molecule has 0 bridgehead atoms. The van der Waals surface area contributed by atoms with Crippen LogP contribution in [0.25, 0.3) is 0 Å². The highest BCUT2D eigenvalue weighted by atomic mass is 16.7. The summed E-state index contributed by atoms with van der Waals surface area (Å²) in [5, 5.41) is 20.3. The molecule has 0 aliphatic carbocycles. The number of aliphatic hydroxyl groups is 2. The van der Waals surface area contributed by atoms with Crippen LogP contribution in [0.4, 0.5) is 0 Å². The molecule has 1 fully saturated rings. The van der Waals surface area contributed by atoms with Crippen molar-refractivity contribution in [2.45, 2.75) is 37.8 Å². The van der Waals surface area contributed by atoms with Crippen LogP contribution in [0.3, 0.4) is 0 Å². The normalized spacial score (nSPS) is 27.1. The molecule has 128 valence electrons. The Morgan fingerprint density at radius 2 is 1.29 bits per heavy atom. The lowest BCUT2D eigenvalue weighted by Crippen LogP contribution is -2.55. The van der Waals surface area contributed by atoms with Gasteiger partial charge in [-0.3, -0.25) is 0 Å². The fourth-order valence-electron chi connectivity index (χ4n) is 2.68. The summed E-state index contributed by atoms with van der Waals surface area (Å²) in [7, 11) is 0. The van der Waals surface area contributed by atoms with Gasteiger partial charge in [0.25, 0.3) is 0 Å². The van der Waals surface area contributed by atoms with Gasteiger partial charge in [0, 0.05) is 0 Å². The van der Waals surface area contributed by atoms with E-state index in [-0.39, 0.29) is 6.61 Å². The maximum Gasteiger partial charge on any atom is 0.183 e. The smallest absolute Gasteiger partial charge is 0.183 e. The van der Waals surface area contributed by atoms with Crippen molar-refractivity contribution in [3.63, 3.8) is 0 Å². The van der Waals surface area contributed by atoms with Crippen molar-refractivity contribution in [3.8, 4) is 0 Å². The highest BCUT2D eigenvalue weighted by molar-refractivity contribution is 5.14. The topological polar surface area (TPSA) is 68.2 Å². The lowest BCUT2D eigenvalue weighted by Gasteiger charge is -2.38. The van der Waals surface area contributed by atoms with Gasteiger partial charge in [-0.15, -0.1) is 0 Å². The minimum Gasteiger partial charge on any atom is -0.388 e. The Kier molecular flexibility index (Phi) is 5.96. The molecule has 0 spiro atoms. The summed E-state index contributed by atoms with van der Waals surface area (Å²) in [6.45, 7) is 0.663. The van der Waals surface area contributed by atoms with Gasteiger partial charge in [-0.05, 0) is 11.1 Å². The number of ether oxygens (including phenoxy) is 3. The van der Waals surface area contributed by atoms with Gasteiger partial charge in [0.2, 0.25) is 0 Å². The van der Waals surface area contributed by atoms with Crippen LogP contribution in [0.15, 0.2) is 60.7 Å². The first kappa shape index (κ1) is 17.1. The maximum atomic E-state index is 10.2. The molecule has 2 aromatic rings. The summed E-state index contributed by atoms with van der Waals surface area (Å²) in [4.78, 5) is 0. The Morgan fingerprint density at radius 3 is 1.83 bits per heavy atom. The highest BCUT2D eigenvalue weighted by Crippen LogP contribution is 2.22. The second-order valence-electron chi connectivity index (χ2n) is 5.81. The van der Waals surface area contributed by atoms with Gasteiger partial charge < -0.3 is 24.4 Å². The summed E-state index contributed by atoms with van der Waals surface area (Å²) < 4.78 is 16.8. The molecule has 0 amide bonds. The summed E-state index contributed by atoms with van der Waals surface area (Å²) in [6.07, 6.45) is -3.38. The molecule has 5 nitrogen and oxygen atoms in total. The second-order valence-corrected chi connectivity index (χ2v) is 5.81. The van der Waals surface area contributed by atoms with Gasteiger partial charge in [-0.25, -0.2) is 0 Å². The van der Waals surface area contributed by atoms with Gasteiger partial charge in [-0.1, -0.05) is 60.7 Å². The van der Waals surface area contributed by atoms with E-state index in [1.54, 1.807) is 0 Å². The molecule has 1 unspecified atom stereocenters. The first-order valence-electron chi connectivity index (χ1n) is 8.03. The van der Waals surface area contributed by atoms with E-state index in [2.05, 4.69) is 0 Å². The van der Waals surface area contributed by atoms with Crippen LogP contribution < -0.4 is 0 Å². The van der Waals surface area contributed by atoms with E-state index < -0.39 is 24.6 Å². The van der Waals surface area contributed by atoms with Gasteiger partial charge >= 0.3 is 0 Å². The van der Waals surface area contributed by atoms with E-state index in [1.807, 2.05) is 60.7 Å². The number of hydrogen-bond donors (Lipinski definition) is 2. The minimum atomic E-state index is -1.13. The fraction of sp³-hybridized carbons (Fsp3) is 0.368. The first-order chi connectivity index (χ1) is 11.7. The van der Waals surface area contributed by atoms with E-state index in [0.717, 1.165) is 11.1 Å². The predicted octanol–water partition coefficient (Wildman–Crippen LogP) is 1.87. The van der Waals surface area contributed by atoms with E-state index in [4.69, 9.17) is 14.2 Å². The molecule has 1 saturated heterocycles. The molecule has 3 rings (SSSR count). The lowest BCUT2D eigenvalue weighted by atomic mass is 10.0. The zero-order valence-corrected chi connectivity index (χ0v) is 13.3. The average Bonchev–Trinajstić information content (AvgIpc) is 2.63. The molecular formula is C19H22O5. The third kappa shape index (κ3) is 4.41. The minimum absolute atomic E-state index is 0.0197. The predicted molar refractivity (Wildman–Crippen MR) is 88.0 cm³/mol. The van der Waals surface area contributed by atoms with Gasteiger partial charge in [0.05, 0.1) is 19.8 Å². The molecule has 5 heteroatoms. The van der Waals surface area contributed by atoms with Gasteiger partial charge in [0.15, 0.2) is 6.29 Å². The molecule has 0 aromatic heterocycles. The maximum absolute atomic E-state index is 10.2. The zero-order valence-electron chi connectivity index (χ0n) is 13.3. The van der Waals surface area contributed by atoms with Crippen LogP contribution in [-0.4, -0.2) is 41.4 Å². The van der Waals surface area contributed by atoms with Crippen molar-refractivity contribution in [2.24, 2.45) is 0 Å². The number of aliphatic hydroxyl groups excluding tert-OH is 2. The average molecular weight is 330 g/mol. The molecular weight excluding hydrogens is 308 g/mol. The van der Waals surface area contributed by atoms with Crippen molar-refractivity contribution in [2.75, 3.05) is 6.61 Å². The summed E-state index contributed by atoms with van der Waals surface area (Å²) in [5.41, 5.74) is 1.97. The van der Waals surface area contributed by atoms with Crippen LogP contribution >= 0.6 is 0 Å². The SMILES string of the molecule is OC1OC[C@H](O)[C@H](OCc2ccccc2)[C@H]1OCc1ccccc1. The molecule has 1 aliphatic rings. The van der Waals surface area contributed by atoms with Crippen molar-refractivity contribution >= 4 is 0 Å². The molecule has 2 N–H and O–H groups in total. The largest absolute Gasteiger partial charge is 0.388 e. The fourth-order valence-corrected chi connectivity index (χ4v) is 2.68. The number of benzene rings is 2. The monoisotopic (exact) mass is 330 g/mol. The Morgan fingerprint density at radius 1 is 0.792 bits per heavy atom. The summed E-state index contributed by atoms with van der Waals surface area (Å²) in [5.74, 6) is 0. The van der Waals surface area contributed by atoms with Gasteiger partial charge in [-0.2, -0.15) is 0 Å². The molecule has 4 atom stereocenters.